The van der Waals surface area contributed by atoms with Gasteiger partial charge in [0.1, 0.15) is 23.9 Å². The topological polar surface area (TPSA) is 95.9 Å². The largest absolute Gasteiger partial charge is 0.508 e. The maximum absolute atomic E-state index is 13.6. The van der Waals surface area contributed by atoms with Crippen LogP contribution in [0, 0.1) is 0 Å². The van der Waals surface area contributed by atoms with Gasteiger partial charge in [-0.2, -0.15) is 0 Å². The van der Waals surface area contributed by atoms with Crippen LogP contribution in [0.1, 0.15) is 42.1 Å². The second kappa shape index (κ2) is 11.1. The van der Waals surface area contributed by atoms with Crippen molar-refractivity contribution in [1.82, 2.24) is 5.32 Å². The third-order valence-corrected chi connectivity index (χ3v) is 6.80. The Balaban J connectivity index is 1.52. The number of carbonyl (C=O) groups is 2. The Morgan fingerprint density at radius 1 is 0.943 bits per heavy atom. The SMILES string of the molecule is CCCCC(=O)NCCOc1ccc(C(=O)c2c(-c3ccc(O)cc3)sc3cc(O)ccc23)cc1. The summed E-state index contributed by atoms with van der Waals surface area (Å²) in [6.07, 6.45) is 2.38. The summed E-state index contributed by atoms with van der Waals surface area (Å²) < 4.78 is 6.50. The highest BCUT2D eigenvalue weighted by Crippen LogP contribution is 2.41. The maximum atomic E-state index is 13.6. The second-order valence-electron chi connectivity index (χ2n) is 8.19. The lowest BCUT2D eigenvalue weighted by Crippen LogP contribution is -2.27. The number of ketones is 1. The van der Waals surface area contributed by atoms with Gasteiger partial charge in [0, 0.05) is 32.5 Å². The van der Waals surface area contributed by atoms with Crippen LogP contribution >= 0.6 is 11.3 Å². The third kappa shape index (κ3) is 5.81. The van der Waals surface area contributed by atoms with Crippen LogP contribution in [0.2, 0.25) is 0 Å². The predicted molar refractivity (Wildman–Crippen MR) is 138 cm³/mol. The molecule has 0 spiro atoms. The van der Waals surface area contributed by atoms with E-state index in [-0.39, 0.29) is 23.2 Å². The van der Waals surface area contributed by atoms with Gasteiger partial charge in [0.15, 0.2) is 5.78 Å². The summed E-state index contributed by atoms with van der Waals surface area (Å²) in [5.41, 5.74) is 1.88. The Morgan fingerprint density at radius 2 is 1.66 bits per heavy atom. The van der Waals surface area contributed by atoms with E-state index in [1.807, 2.05) is 6.92 Å². The van der Waals surface area contributed by atoms with E-state index in [2.05, 4.69) is 5.32 Å². The molecule has 1 heterocycles. The minimum absolute atomic E-state index is 0.0251. The molecule has 7 heteroatoms. The first-order valence-electron chi connectivity index (χ1n) is 11.6. The average Bonchev–Trinajstić information content (AvgIpc) is 3.24. The van der Waals surface area contributed by atoms with Crippen molar-refractivity contribution < 1.29 is 24.5 Å². The molecule has 180 valence electrons. The molecule has 3 N–H and O–H groups in total. The van der Waals surface area contributed by atoms with Gasteiger partial charge in [-0.05, 0) is 78.7 Å². The van der Waals surface area contributed by atoms with Crippen LogP contribution in [0.25, 0.3) is 20.5 Å². The zero-order chi connectivity index (χ0) is 24.8. The summed E-state index contributed by atoms with van der Waals surface area (Å²) in [5.74, 6) is 0.787. The summed E-state index contributed by atoms with van der Waals surface area (Å²) >= 11 is 1.42. The molecule has 0 fully saturated rings. The molecule has 1 amide bonds. The molecule has 0 atom stereocenters. The number of ether oxygens (including phenoxy) is 1. The fourth-order valence-electron chi connectivity index (χ4n) is 3.76. The number of hydrogen-bond acceptors (Lipinski definition) is 6. The Morgan fingerprint density at radius 3 is 2.37 bits per heavy atom. The normalized spacial score (nSPS) is 10.9. The summed E-state index contributed by atoms with van der Waals surface area (Å²) in [6.45, 7) is 2.81. The molecule has 3 aromatic carbocycles. The van der Waals surface area contributed by atoms with Crippen LogP contribution in [-0.2, 0) is 4.79 Å². The van der Waals surface area contributed by atoms with E-state index in [1.165, 1.54) is 11.3 Å². The molecule has 0 radical (unpaired) electrons. The molecule has 35 heavy (non-hydrogen) atoms. The fourth-order valence-corrected chi connectivity index (χ4v) is 5.00. The zero-order valence-corrected chi connectivity index (χ0v) is 20.2. The number of phenolic OH excluding ortho intramolecular Hbond substituents is 2. The van der Waals surface area contributed by atoms with E-state index in [9.17, 15) is 19.8 Å². The van der Waals surface area contributed by atoms with Crippen LogP contribution in [0.3, 0.4) is 0 Å². The number of nitrogens with one attached hydrogen (secondary N) is 1. The van der Waals surface area contributed by atoms with Gasteiger partial charge >= 0.3 is 0 Å². The predicted octanol–water partition coefficient (Wildman–Crippen LogP) is 5.90. The quantitative estimate of drug-likeness (QED) is 0.191. The average molecular weight is 490 g/mol. The van der Waals surface area contributed by atoms with Crippen molar-refractivity contribution in [1.29, 1.82) is 0 Å². The van der Waals surface area contributed by atoms with Crippen molar-refractivity contribution in [3.8, 4) is 27.7 Å². The van der Waals surface area contributed by atoms with E-state index < -0.39 is 0 Å². The number of fused-ring (bicyclic) bond motifs is 1. The lowest BCUT2D eigenvalue weighted by Gasteiger charge is -2.09. The zero-order valence-electron chi connectivity index (χ0n) is 19.4. The number of phenols is 2. The first-order valence-corrected chi connectivity index (χ1v) is 12.4. The minimum Gasteiger partial charge on any atom is -0.508 e. The molecule has 0 bridgehead atoms. The molecule has 4 aromatic rings. The fraction of sp³-hybridized carbons (Fsp3) is 0.214. The van der Waals surface area contributed by atoms with Crippen LogP contribution in [0.15, 0.2) is 66.7 Å². The van der Waals surface area contributed by atoms with Crippen molar-refractivity contribution in [2.75, 3.05) is 13.2 Å². The summed E-state index contributed by atoms with van der Waals surface area (Å²) in [7, 11) is 0. The number of carbonyl (C=O) groups excluding carboxylic acids is 2. The highest BCUT2D eigenvalue weighted by atomic mass is 32.1. The molecule has 0 aliphatic heterocycles. The second-order valence-corrected chi connectivity index (χ2v) is 9.24. The third-order valence-electron chi connectivity index (χ3n) is 5.60. The van der Waals surface area contributed by atoms with Crippen LogP contribution in [0.4, 0.5) is 0 Å². The van der Waals surface area contributed by atoms with Crippen molar-refractivity contribution >= 4 is 33.1 Å². The number of hydrogen-bond donors (Lipinski definition) is 3. The van der Waals surface area contributed by atoms with Crippen molar-refractivity contribution in [3.63, 3.8) is 0 Å². The van der Waals surface area contributed by atoms with E-state index in [4.69, 9.17) is 4.74 Å². The van der Waals surface area contributed by atoms with Gasteiger partial charge in [-0.25, -0.2) is 0 Å². The standard InChI is InChI=1S/C28H27NO5S/c1-2-3-4-25(32)29-15-16-34-22-12-7-18(8-13-22)27(33)26-23-14-11-21(31)17-24(23)35-28(26)19-5-9-20(30)10-6-19/h5-14,17,30-31H,2-4,15-16H2,1H3,(H,29,32). The number of benzene rings is 3. The van der Waals surface area contributed by atoms with E-state index in [0.29, 0.717) is 36.4 Å². The highest BCUT2D eigenvalue weighted by Gasteiger charge is 2.22. The van der Waals surface area contributed by atoms with Gasteiger partial charge in [-0.15, -0.1) is 11.3 Å². The highest BCUT2D eigenvalue weighted by molar-refractivity contribution is 7.22. The van der Waals surface area contributed by atoms with E-state index in [0.717, 1.165) is 33.4 Å². The Bertz CT molecular complexity index is 1330. The number of unbranched alkanes of at least 4 members (excludes halogenated alkanes) is 1. The van der Waals surface area contributed by atoms with Gasteiger partial charge < -0.3 is 20.3 Å². The van der Waals surface area contributed by atoms with Crippen LogP contribution in [-0.4, -0.2) is 35.1 Å². The first-order chi connectivity index (χ1) is 17.0. The molecule has 0 aliphatic rings. The first kappa shape index (κ1) is 24.3. The molecule has 6 nitrogen and oxygen atoms in total. The van der Waals surface area contributed by atoms with E-state index >= 15 is 0 Å². The van der Waals surface area contributed by atoms with Crippen LogP contribution < -0.4 is 10.1 Å². The molecule has 0 unspecified atom stereocenters. The van der Waals surface area contributed by atoms with Gasteiger partial charge in [0.25, 0.3) is 0 Å². The number of rotatable bonds is 10. The number of aromatic hydroxyl groups is 2. The minimum atomic E-state index is -0.139. The molecule has 4 rings (SSSR count). The van der Waals surface area contributed by atoms with Gasteiger partial charge in [0.2, 0.25) is 5.91 Å². The summed E-state index contributed by atoms with van der Waals surface area (Å²) in [6, 6.07) is 18.6. The van der Waals surface area contributed by atoms with Crippen molar-refractivity contribution in [2.45, 2.75) is 26.2 Å². The van der Waals surface area contributed by atoms with Crippen molar-refractivity contribution in [2.24, 2.45) is 0 Å². The number of thiophene rings is 1. The Kier molecular flexibility index (Phi) is 7.67. The monoisotopic (exact) mass is 489 g/mol. The summed E-state index contributed by atoms with van der Waals surface area (Å²) in [4.78, 5) is 26.1. The molecule has 0 saturated heterocycles. The molecular formula is C28H27NO5S. The summed E-state index contributed by atoms with van der Waals surface area (Å²) in [5, 5.41) is 23.2. The van der Waals surface area contributed by atoms with E-state index in [1.54, 1.807) is 66.7 Å². The van der Waals surface area contributed by atoms with Crippen LogP contribution in [0.5, 0.6) is 17.2 Å². The smallest absolute Gasteiger partial charge is 0.220 e. The number of amides is 1. The Labute approximate surface area is 207 Å². The molecule has 1 aromatic heterocycles. The Hall–Kier alpha value is -3.84. The lowest BCUT2D eigenvalue weighted by atomic mass is 9.97. The van der Waals surface area contributed by atoms with Gasteiger partial charge in [-0.1, -0.05) is 13.3 Å². The molecular weight excluding hydrogens is 462 g/mol. The van der Waals surface area contributed by atoms with Crippen molar-refractivity contribution in [3.05, 3.63) is 77.9 Å². The maximum Gasteiger partial charge on any atom is 0.220 e. The molecule has 0 saturated carbocycles. The van der Waals surface area contributed by atoms with Gasteiger partial charge in [-0.3, -0.25) is 9.59 Å². The molecule has 0 aliphatic carbocycles. The van der Waals surface area contributed by atoms with Gasteiger partial charge in [0.05, 0.1) is 6.54 Å². The lowest BCUT2D eigenvalue weighted by molar-refractivity contribution is -0.121.